The quantitative estimate of drug-likeness (QED) is 0.565. The second kappa shape index (κ2) is 7.67. The van der Waals surface area contributed by atoms with E-state index in [4.69, 9.17) is 4.52 Å². The van der Waals surface area contributed by atoms with E-state index in [-0.39, 0.29) is 4.21 Å². The summed E-state index contributed by atoms with van der Waals surface area (Å²) in [6.45, 7) is 4.14. The molecular weight excluding hydrogens is 394 g/mol. The van der Waals surface area contributed by atoms with E-state index >= 15 is 0 Å². The van der Waals surface area contributed by atoms with Gasteiger partial charge in [-0.3, -0.25) is 4.31 Å². The lowest BCUT2D eigenvalue weighted by Crippen LogP contribution is -2.30. The van der Waals surface area contributed by atoms with Crippen LogP contribution in [0.15, 0.2) is 44.4 Å². The third kappa shape index (κ3) is 3.58. The number of hydrogen-bond donors (Lipinski definition) is 0. The molecule has 0 bridgehead atoms. The second-order valence-corrected chi connectivity index (χ2v) is 10.1. The first-order valence-corrected chi connectivity index (χ1v) is 11.8. The molecule has 4 rings (SSSR count). The number of thiophene rings is 1. The Hall–Kier alpha value is -2.19. The summed E-state index contributed by atoms with van der Waals surface area (Å²) < 4.78 is 33.5. The van der Waals surface area contributed by atoms with Gasteiger partial charge in [-0.1, -0.05) is 30.1 Å². The molecule has 0 aliphatic heterocycles. The summed E-state index contributed by atoms with van der Waals surface area (Å²) in [5.41, 5.74) is 2.36. The SMILES string of the molecule is CCN(c1cccc(C)c1)S(=O)(=O)c1cc(-c2noc(C3CCCC3)n2)cs1. The molecule has 3 aromatic rings. The van der Waals surface area contributed by atoms with Crippen LogP contribution in [0.4, 0.5) is 5.69 Å². The van der Waals surface area contributed by atoms with Crippen LogP contribution >= 0.6 is 11.3 Å². The summed E-state index contributed by atoms with van der Waals surface area (Å²) in [5.74, 6) is 1.45. The van der Waals surface area contributed by atoms with Crippen molar-refractivity contribution < 1.29 is 12.9 Å². The number of rotatable bonds is 6. The van der Waals surface area contributed by atoms with E-state index in [1.54, 1.807) is 11.4 Å². The molecule has 148 valence electrons. The standard InChI is InChI=1S/C20H23N3O3S2/c1-3-23(17-10-6-7-14(2)11-17)28(24,25)18-12-16(13-27-18)19-21-20(26-22-19)15-8-4-5-9-15/h6-7,10-13,15H,3-5,8-9H2,1-2H3. The molecule has 6 nitrogen and oxygen atoms in total. The van der Waals surface area contributed by atoms with Gasteiger partial charge in [-0.15, -0.1) is 11.3 Å². The van der Waals surface area contributed by atoms with E-state index in [9.17, 15) is 8.42 Å². The zero-order chi connectivity index (χ0) is 19.7. The van der Waals surface area contributed by atoms with Crippen molar-refractivity contribution in [2.24, 2.45) is 0 Å². The Morgan fingerprint density at radius 1 is 1.25 bits per heavy atom. The molecule has 0 spiro atoms. The predicted octanol–water partition coefficient (Wildman–Crippen LogP) is 4.98. The highest BCUT2D eigenvalue weighted by Crippen LogP contribution is 2.35. The average Bonchev–Trinajstić information content (AvgIpc) is 3.41. The van der Waals surface area contributed by atoms with Crippen molar-refractivity contribution in [2.75, 3.05) is 10.8 Å². The van der Waals surface area contributed by atoms with Crippen molar-refractivity contribution in [3.8, 4) is 11.4 Å². The van der Waals surface area contributed by atoms with Crippen LogP contribution in [0.2, 0.25) is 0 Å². The van der Waals surface area contributed by atoms with Crippen LogP contribution in [-0.4, -0.2) is 25.1 Å². The molecule has 0 atom stereocenters. The van der Waals surface area contributed by atoms with Crippen molar-refractivity contribution in [3.05, 3.63) is 47.2 Å². The van der Waals surface area contributed by atoms with Gasteiger partial charge >= 0.3 is 0 Å². The summed E-state index contributed by atoms with van der Waals surface area (Å²) >= 11 is 1.18. The van der Waals surface area contributed by atoms with Gasteiger partial charge in [0.25, 0.3) is 10.0 Å². The largest absolute Gasteiger partial charge is 0.339 e. The van der Waals surface area contributed by atoms with Gasteiger partial charge in [0.2, 0.25) is 11.7 Å². The Balaban J connectivity index is 1.62. The first kappa shape index (κ1) is 19.1. The van der Waals surface area contributed by atoms with Gasteiger partial charge in [-0.25, -0.2) is 8.42 Å². The fraction of sp³-hybridized carbons (Fsp3) is 0.400. The van der Waals surface area contributed by atoms with Crippen LogP contribution in [0, 0.1) is 6.92 Å². The molecule has 0 radical (unpaired) electrons. The lowest BCUT2D eigenvalue weighted by Gasteiger charge is -2.22. The Kier molecular flexibility index (Phi) is 5.25. The monoisotopic (exact) mass is 417 g/mol. The van der Waals surface area contributed by atoms with Gasteiger partial charge < -0.3 is 4.52 Å². The fourth-order valence-electron chi connectivity index (χ4n) is 3.64. The number of aromatic nitrogens is 2. The lowest BCUT2D eigenvalue weighted by atomic mass is 10.1. The summed E-state index contributed by atoms with van der Waals surface area (Å²) in [6.07, 6.45) is 4.53. The number of benzene rings is 1. The van der Waals surface area contributed by atoms with Gasteiger partial charge in [-0.2, -0.15) is 4.98 Å². The smallest absolute Gasteiger partial charge is 0.273 e. The van der Waals surface area contributed by atoms with Crippen LogP contribution in [0.25, 0.3) is 11.4 Å². The minimum Gasteiger partial charge on any atom is -0.339 e. The molecule has 1 aliphatic carbocycles. The van der Waals surface area contributed by atoms with Crippen LogP contribution in [-0.2, 0) is 10.0 Å². The number of hydrogen-bond acceptors (Lipinski definition) is 6. The first-order valence-electron chi connectivity index (χ1n) is 9.51. The van der Waals surface area contributed by atoms with E-state index in [1.807, 2.05) is 38.1 Å². The molecule has 1 aromatic carbocycles. The van der Waals surface area contributed by atoms with E-state index in [1.165, 1.54) is 28.5 Å². The molecule has 1 aliphatic rings. The normalized spacial score (nSPS) is 15.2. The van der Waals surface area contributed by atoms with Crippen molar-refractivity contribution in [1.82, 2.24) is 10.1 Å². The number of nitrogens with zero attached hydrogens (tertiary/aromatic N) is 3. The summed E-state index contributed by atoms with van der Waals surface area (Å²) in [4.78, 5) is 4.51. The minimum absolute atomic E-state index is 0.276. The average molecular weight is 418 g/mol. The third-order valence-electron chi connectivity index (χ3n) is 5.10. The van der Waals surface area contributed by atoms with Gasteiger partial charge in [0.05, 0.1) is 5.69 Å². The van der Waals surface area contributed by atoms with Gasteiger partial charge in [-0.05, 0) is 50.5 Å². The molecule has 0 N–H and O–H groups in total. The molecule has 28 heavy (non-hydrogen) atoms. The summed E-state index contributed by atoms with van der Waals surface area (Å²) in [5, 5.41) is 5.85. The Morgan fingerprint density at radius 2 is 2.04 bits per heavy atom. The Labute approximate surface area is 169 Å². The second-order valence-electron chi connectivity index (χ2n) is 7.10. The maximum Gasteiger partial charge on any atom is 0.273 e. The van der Waals surface area contributed by atoms with Crippen molar-refractivity contribution in [1.29, 1.82) is 0 Å². The van der Waals surface area contributed by atoms with Crippen LogP contribution in [0.3, 0.4) is 0 Å². The highest BCUT2D eigenvalue weighted by molar-refractivity contribution is 7.94. The van der Waals surface area contributed by atoms with Crippen LogP contribution < -0.4 is 4.31 Å². The Morgan fingerprint density at radius 3 is 2.75 bits per heavy atom. The van der Waals surface area contributed by atoms with Gasteiger partial charge in [0, 0.05) is 23.4 Å². The highest BCUT2D eigenvalue weighted by atomic mass is 32.2. The number of aryl methyl sites for hydroxylation is 1. The molecule has 2 aromatic heterocycles. The molecule has 8 heteroatoms. The molecule has 1 saturated carbocycles. The van der Waals surface area contributed by atoms with Gasteiger partial charge in [0.15, 0.2) is 0 Å². The molecule has 2 heterocycles. The first-order chi connectivity index (χ1) is 13.5. The minimum atomic E-state index is -3.65. The molecule has 0 unspecified atom stereocenters. The molecule has 0 amide bonds. The predicted molar refractivity (Wildman–Crippen MR) is 110 cm³/mol. The number of anilines is 1. The zero-order valence-corrected chi connectivity index (χ0v) is 17.6. The van der Waals surface area contributed by atoms with Crippen molar-refractivity contribution >= 4 is 27.0 Å². The maximum absolute atomic E-state index is 13.2. The third-order valence-corrected chi connectivity index (χ3v) is 8.42. The highest BCUT2D eigenvalue weighted by Gasteiger charge is 2.27. The molecular formula is C20H23N3O3S2. The van der Waals surface area contributed by atoms with E-state index in [0.29, 0.717) is 35.4 Å². The molecule has 0 saturated heterocycles. The Bertz CT molecular complexity index is 1070. The zero-order valence-electron chi connectivity index (χ0n) is 16.0. The van der Waals surface area contributed by atoms with Crippen molar-refractivity contribution in [3.63, 3.8) is 0 Å². The van der Waals surface area contributed by atoms with Crippen LogP contribution in [0.5, 0.6) is 0 Å². The summed E-state index contributed by atoms with van der Waals surface area (Å²) in [7, 11) is -3.65. The summed E-state index contributed by atoms with van der Waals surface area (Å²) in [6, 6.07) is 9.15. The van der Waals surface area contributed by atoms with Gasteiger partial charge in [0.1, 0.15) is 4.21 Å². The topological polar surface area (TPSA) is 76.3 Å². The van der Waals surface area contributed by atoms with Crippen molar-refractivity contribution in [2.45, 2.75) is 49.7 Å². The van der Waals surface area contributed by atoms with E-state index < -0.39 is 10.0 Å². The number of sulfonamides is 1. The maximum atomic E-state index is 13.2. The van der Waals surface area contributed by atoms with Crippen LogP contribution in [0.1, 0.15) is 50.0 Å². The lowest BCUT2D eigenvalue weighted by molar-refractivity contribution is 0.354. The molecule has 1 fully saturated rings. The van der Waals surface area contributed by atoms with E-state index in [0.717, 1.165) is 18.4 Å². The fourth-order valence-corrected chi connectivity index (χ4v) is 6.38. The van der Waals surface area contributed by atoms with E-state index in [2.05, 4.69) is 10.1 Å².